The highest BCUT2D eigenvalue weighted by atomic mass is 32.2. The summed E-state index contributed by atoms with van der Waals surface area (Å²) < 4.78 is 24.1. The minimum absolute atomic E-state index is 0.0403. The maximum Gasteiger partial charge on any atom is 0.230 e. The molecule has 0 radical (unpaired) electrons. The van der Waals surface area contributed by atoms with Crippen LogP contribution in [0.2, 0.25) is 0 Å². The van der Waals surface area contributed by atoms with Crippen LogP contribution in [0.15, 0.2) is 42.5 Å². The van der Waals surface area contributed by atoms with Crippen LogP contribution in [0, 0.1) is 5.82 Å². The van der Waals surface area contributed by atoms with Crippen LogP contribution in [0.3, 0.4) is 0 Å². The fraction of sp³-hybridized carbons (Fsp3) is 0.381. The van der Waals surface area contributed by atoms with E-state index in [4.69, 9.17) is 9.47 Å². The van der Waals surface area contributed by atoms with Gasteiger partial charge in [-0.2, -0.15) is 0 Å². The molecule has 2 aromatic carbocycles. The summed E-state index contributed by atoms with van der Waals surface area (Å²) in [7, 11) is 0. The highest BCUT2D eigenvalue weighted by molar-refractivity contribution is 7.99. The zero-order chi connectivity index (χ0) is 19.6. The SMILES string of the molecule is CCOc1ccc([C@H](C)NC(=O)CSCc2ccc(F)cc2)cc1OCC. The van der Waals surface area contributed by atoms with Crippen LogP contribution in [-0.2, 0) is 10.5 Å². The summed E-state index contributed by atoms with van der Waals surface area (Å²) in [5.41, 5.74) is 1.95. The molecule has 0 saturated carbocycles. The first kappa shape index (κ1) is 21.1. The lowest BCUT2D eigenvalue weighted by Gasteiger charge is -2.17. The number of carbonyl (C=O) groups excluding carboxylic acids is 1. The number of benzene rings is 2. The van der Waals surface area contributed by atoms with E-state index in [-0.39, 0.29) is 17.8 Å². The Labute approximate surface area is 164 Å². The van der Waals surface area contributed by atoms with Gasteiger partial charge in [-0.15, -0.1) is 11.8 Å². The van der Waals surface area contributed by atoms with Crippen molar-refractivity contribution in [2.45, 2.75) is 32.6 Å². The van der Waals surface area contributed by atoms with Gasteiger partial charge in [-0.1, -0.05) is 18.2 Å². The van der Waals surface area contributed by atoms with Gasteiger partial charge in [0.15, 0.2) is 11.5 Å². The van der Waals surface area contributed by atoms with Gasteiger partial charge in [-0.05, 0) is 56.2 Å². The van der Waals surface area contributed by atoms with Gasteiger partial charge >= 0.3 is 0 Å². The number of thioether (sulfide) groups is 1. The van der Waals surface area contributed by atoms with Gasteiger partial charge in [-0.25, -0.2) is 4.39 Å². The highest BCUT2D eigenvalue weighted by Crippen LogP contribution is 2.30. The maximum atomic E-state index is 12.9. The van der Waals surface area contributed by atoms with Crippen LogP contribution >= 0.6 is 11.8 Å². The van der Waals surface area contributed by atoms with E-state index in [1.54, 1.807) is 12.1 Å². The Morgan fingerprint density at radius 2 is 1.74 bits per heavy atom. The lowest BCUT2D eigenvalue weighted by Crippen LogP contribution is -2.28. The number of ether oxygens (including phenoxy) is 2. The summed E-state index contributed by atoms with van der Waals surface area (Å²) in [6.07, 6.45) is 0. The number of halogens is 1. The van der Waals surface area contributed by atoms with Gasteiger partial charge in [-0.3, -0.25) is 4.79 Å². The standard InChI is InChI=1S/C21H26FNO3S/c1-4-25-19-11-8-17(12-20(19)26-5-2)15(3)23-21(24)14-27-13-16-6-9-18(22)10-7-16/h6-12,15H,4-5,13-14H2,1-3H3,(H,23,24)/t15-/m0/s1. The van der Waals surface area contributed by atoms with E-state index in [2.05, 4.69) is 5.32 Å². The van der Waals surface area contributed by atoms with Gasteiger partial charge in [0.2, 0.25) is 5.91 Å². The largest absolute Gasteiger partial charge is 0.490 e. The van der Waals surface area contributed by atoms with Gasteiger partial charge in [0.25, 0.3) is 0 Å². The van der Waals surface area contributed by atoms with Crippen LogP contribution in [0.1, 0.15) is 37.9 Å². The normalized spacial score (nSPS) is 11.7. The number of hydrogen-bond acceptors (Lipinski definition) is 4. The third kappa shape index (κ3) is 6.79. The van der Waals surface area contributed by atoms with Crippen molar-refractivity contribution in [1.29, 1.82) is 0 Å². The molecule has 4 nitrogen and oxygen atoms in total. The van der Waals surface area contributed by atoms with Crippen molar-refractivity contribution in [3.05, 3.63) is 59.4 Å². The Kier molecular flexibility index (Phi) is 8.45. The predicted octanol–water partition coefficient (Wildman–Crippen LogP) is 4.73. The first-order chi connectivity index (χ1) is 13.0. The molecule has 0 unspecified atom stereocenters. The molecule has 1 amide bonds. The number of nitrogens with one attached hydrogen (secondary N) is 1. The van der Waals surface area contributed by atoms with Crippen LogP contribution in [0.4, 0.5) is 4.39 Å². The van der Waals surface area contributed by atoms with Crippen LogP contribution in [0.5, 0.6) is 11.5 Å². The monoisotopic (exact) mass is 391 g/mol. The van der Waals surface area contributed by atoms with E-state index >= 15 is 0 Å². The second-order valence-electron chi connectivity index (χ2n) is 5.98. The van der Waals surface area contributed by atoms with E-state index < -0.39 is 0 Å². The molecule has 0 fully saturated rings. The molecular formula is C21H26FNO3S. The Morgan fingerprint density at radius 1 is 1.07 bits per heavy atom. The second-order valence-corrected chi connectivity index (χ2v) is 6.97. The first-order valence-corrected chi connectivity index (χ1v) is 10.2. The van der Waals surface area contributed by atoms with Crippen molar-refractivity contribution in [2.75, 3.05) is 19.0 Å². The van der Waals surface area contributed by atoms with E-state index in [0.717, 1.165) is 11.1 Å². The molecule has 0 aliphatic rings. The number of hydrogen-bond donors (Lipinski definition) is 1. The topological polar surface area (TPSA) is 47.6 Å². The van der Waals surface area contributed by atoms with Crippen molar-refractivity contribution in [3.63, 3.8) is 0 Å². The number of amides is 1. The summed E-state index contributed by atoms with van der Waals surface area (Å²) in [4.78, 5) is 12.2. The summed E-state index contributed by atoms with van der Waals surface area (Å²) in [6.45, 7) is 6.90. The summed E-state index contributed by atoms with van der Waals surface area (Å²) in [5.74, 6) is 2.11. The molecule has 0 saturated heterocycles. The quantitative estimate of drug-likeness (QED) is 0.636. The van der Waals surface area contributed by atoms with Crippen molar-refractivity contribution < 1.29 is 18.7 Å². The molecule has 2 aromatic rings. The molecule has 1 N–H and O–H groups in total. The maximum absolute atomic E-state index is 12.9. The van der Waals surface area contributed by atoms with Gasteiger partial charge in [0.1, 0.15) is 5.82 Å². The smallest absolute Gasteiger partial charge is 0.230 e. The van der Waals surface area contributed by atoms with E-state index in [1.807, 2.05) is 39.0 Å². The third-order valence-electron chi connectivity index (χ3n) is 3.86. The average molecular weight is 392 g/mol. The second kappa shape index (κ2) is 10.8. The zero-order valence-electron chi connectivity index (χ0n) is 16.0. The molecule has 146 valence electrons. The van der Waals surface area contributed by atoms with Crippen molar-refractivity contribution in [3.8, 4) is 11.5 Å². The first-order valence-electron chi connectivity index (χ1n) is 9.04. The lowest BCUT2D eigenvalue weighted by molar-refractivity contribution is -0.119. The summed E-state index contributed by atoms with van der Waals surface area (Å²) >= 11 is 1.50. The minimum atomic E-state index is -0.253. The molecule has 0 aliphatic heterocycles. The Morgan fingerprint density at radius 3 is 2.41 bits per heavy atom. The summed E-state index contributed by atoms with van der Waals surface area (Å²) in [5, 5.41) is 3.00. The Balaban J connectivity index is 1.87. The summed E-state index contributed by atoms with van der Waals surface area (Å²) in [6, 6.07) is 11.9. The van der Waals surface area contributed by atoms with Crippen molar-refractivity contribution in [2.24, 2.45) is 0 Å². The third-order valence-corrected chi connectivity index (χ3v) is 4.86. The fourth-order valence-corrected chi connectivity index (χ4v) is 3.34. The van der Waals surface area contributed by atoms with E-state index in [1.165, 1.54) is 23.9 Å². The van der Waals surface area contributed by atoms with Crippen molar-refractivity contribution in [1.82, 2.24) is 5.32 Å². The highest BCUT2D eigenvalue weighted by Gasteiger charge is 2.13. The number of carbonyl (C=O) groups is 1. The van der Waals surface area contributed by atoms with E-state index in [9.17, 15) is 9.18 Å². The predicted molar refractivity (Wildman–Crippen MR) is 108 cm³/mol. The molecule has 0 heterocycles. The van der Waals surface area contributed by atoms with Gasteiger partial charge in [0.05, 0.1) is 25.0 Å². The molecule has 2 rings (SSSR count). The van der Waals surface area contributed by atoms with Crippen molar-refractivity contribution >= 4 is 17.7 Å². The Bertz CT molecular complexity index is 737. The van der Waals surface area contributed by atoms with E-state index in [0.29, 0.717) is 36.2 Å². The lowest BCUT2D eigenvalue weighted by atomic mass is 10.1. The zero-order valence-corrected chi connectivity index (χ0v) is 16.8. The average Bonchev–Trinajstić information content (AvgIpc) is 2.65. The van der Waals surface area contributed by atoms with Gasteiger partial charge in [0, 0.05) is 5.75 Å². The molecule has 0 spiro atoms. The molecule has 0 aromatic heterocycles. The number of rotatable bonds is 10. The molecule has 6 heteroatoms. The van der Waals surface area contributed by atoms with Crippen LogP contribution in [-0.4, -0.2) is 24.9 Å². The molecule has 1 atom stereocenters. The Hall–Kier alpha value is -2.21. The fourth-order valence-electron chi connectivity index (χ4n) is 2.55. The molecule has 0 aliphatic carbocycles. The minimum Gasteiger partial charge on any atom is -0.490 e. The molecule has 0 bridgehead atoms. The van der Waals surface area contributed by atoms with Gasteiger partial charge < -0.3 is 14.8 Å². The molecular weight excluding hydrogens is 365 g/mol. The van der Waals surface area contributed by atoms with Crippen LogP contribution < -0.4 is 14.8 Å². The molecule has 27 heavy (non-hydrogen) atoms. The van der Waals surface area contributed by atoms with Crippen LogP contribution in [0.25, 0.3) is 0 Å².